The van der Waals surface area contributed by atoms with E-state index in [-0.39, 0.29) is 24.7 Å². The second-order valence-corrected chi connectivity index (χ2v) is 5.41. The lowest BCUT2D eigenvalue weighted by molar-refractivity contribution is -0.150. The SMILES string of the molecule is CCC(CC)(CNC(=O)COC1(C)CNC1)C(=O)O. The number of carbonyl (C=O) groups is 2. The van der Waals surface area contributed by atoms with Crippen molar-refractivity contribution in [1.82, 2.24) is 10.6 Å². The van der Waals surface area contributed by atoms with E-state index in [2.05, 4.69) is 10.6 Å². The minimum absolute atomic E-state index is 0.0265. The molecule has 0 aromatic rings. The lowest BCUT2D eigenvalue weighted by Gasteiger charge is -2.38. The summed E-state index contributed by atoms with van der Waals surface area (Å²) in [4.78, 5) is 23.0. The van der Waals surface area contributed by atoms with Crippen molar-refractivity contribution in [2.24, 2.45) is 5.41 Å². The number of hydrogen-bond donors (Lipinski definition) is 3. The largest absolute Gasteiger partial charge is 0.481 e. The maximum absolute atomic E-state index is 11.7. The van der Waals surface area contributed by atoms with Gasteiger partial charge in [-0.05, 0) is 19.8 Å². The van der Waals surface area contributed by atoms with Gasteiger partial charge < -0.3 is 20.5 Å². The zero-order valence-electron chi connectivity index (χ0n) is 11.9. The minimum atomic E-state index is -0.877. The fourth-order valence-electron chi connectivity index (χ4n) is 2.02. The summed E-state index contributed by atoms with van der Waals surface area (Å²) in [5.74, 6) is -1.13. The van der Waals surface area contributed by atoms with Crippen molar-refractivity contribution < 1.29 is 19.4 Å². The number of rotatable bonds is 8. The summed E-state index contributed by atoms with van der Waals surface area (Å²) in [6, 6.07) is 0. The predicted molar refractivity (Wildman–Crippen MR) is 70.9 cm³/mol. The van der Waals surface area contributed by atoms with Crippen LogP contribution in [0.5, 0.6) is 0 Å². The van der Waals surface area contributed by atoms with Crippen molar-refractivity contribution in [3.05, 3.63) is 0 Å². The average molecular weight is 272 g/mol. The molecule has 3 N–H and O–H groups in total. The summed E-state index contributed by atoms with van der Waals surface area (Å²) in [6.45, 7) is 7.18. The molecule has 1 aliphatic rings. The van der Waals surface area contributed by atoms with Crippen LogP contribution in [0.3, 0.4) is 0 Å². The number of carboxylic acid groups (broad SMARTS) is 1. The summed E-state index contributed by atoms with van der Waals surface area (Å²) in [5.41, 5.74) is -1.14. The van der Waals surface area contributed by atoms with E-state index in [9.17, 15) is 14.7 Å². The molecule has 1 fully saturated rings. The second-order valence-electron chi connectivity index (χ2n) is 5.41. The third kappa shape index (κ3) is 3.91. The molecular weight excluding hydrogens is 248 g/mol. The highest BCUT2D eigenvalue weighted by Gasteiger charge is 2.36. The molecule has 1 aliphatic heterocycles. The number of carboxylic acids is 1. The third-order valence-electron chi connectivity index (χ3n) is 3.98. The first kappa shape index (κ1) is 15.9. The molecule has 6 nitrogen and oxygen atoms in total. The van der Waals surface area contributed by atoms with Crippen LogP contribution in [-0.2, 0) is 14.3 Å². The van der Waals surface area contributed by atoms with E-state index in [1.807, 2.05) is 20.8 Å². The molecule has 0 atom stereocenters. The van der Waals surface area contributed by atoms with Crippen LogP contribution in [0.25, 0.3) is 0 Å². The zero-order valence-corrected chi connectivity index (χ0v) is 11.9. The Morgan fingerprint density at radius 2 is 1.95 bits per heavy atom. The van der Waals surface area contributed by atoms with E-state index in [1.165, 1.54) is 0 Å². The predicted octanol–water partition coefficient (Wildman–Crippen LogP) is 0.372. The van der Waals surface area contributed by atoms with Gasteiger partial charge >= 0.3 is 5.97 Å². The molecule has 1 saturated heterocycles. The average Bonchev–Trinajstić information content (AvgIpc) is 2.35. The fraction of sp³-hybridized carbons (Fsp3) is 0.846. The lowest BCUT2D eigenvalue weighted by atomic mass is 9.82. The van der Waals surface area contributed by atoms with Crippen molar-refractivity contribution in [2.45, 2.75) is 39.2 Å². The Bertz CT molecular complexity index is 336. The van der Waals surface area contributed by atoms with Gasteiger partial charge in [-0.1, -0.05) is 13.8 Å². The van der Waals surface area contributed by atoms with E-state index >= 15 is 0 Å². The minimum Gasteiger partial charge on any atom is -0.481 e. The highest BCUT2D eigenvalue weighted by Crippen LogP contribution is 2.25. The molecule has 0 bridgehead atoms. The molecule has 6 heteroatoms. The van der Waals surface area contributed by atoms with Gasteiger partial charge in [0.2, 0.25) is 5.91 Å². The van der Waals surface area contributed by atoms with Crippen molar-refractivity contribution in [2.75, 3.05) is 26.2 Å². The van der Waals surface area contributed by atoms with Crippen LogP contribution >= 0.6 is 0 Å². The van der Waals surface area contributed by atoms with E-state index in [1.54, 1.807) is 0 Å². The number of carbonyl (C=O) groups excluding carboxylic acids is 1. The Labute approximate surface area is 113 Å². The molecule has 1 amide bonds. The van der Waals surface area contributed by atoms with Gasteiger partial charge in [0.25, 0.3) is 0 Å². The lowest BCUT2D eigenvalue weighted by Crippen LogP contribution is -2.59. The van der Waals surface area contributed by atoms with Gasteiger partial charge in [0.05, 0.1) is 11.0 Å². The molecule has 0 aliphatic carbocycles. The Kier molecular flexibility index (Phi) is 5.31. The van der Waals surface area contributed by atoms with Crippen molar-refractivity contribution in [1.29, 1.82) is 0 Å². The maximum atomic E-state index is 11.7. The van der Waals surface area contributed by atoms with Crippen LogP contribution in [0, 0.1) is 5.41 Å². The van der Waals surface area contributed by atoms with Gasteiger partial charge in [-0.15, -0.1) is 0 Å². The summed E-state index contributed by atoms with van der Waals surface area (Å²) in [6.07, 6.45) is 0.975. The van der Waals surface area contributed by atoms with Gasteiger partial charge in [-0.3, -0.25) is 9.59 Å². The van der Waals surface area contributed by atoms with Crippen LogP contribution in [0.15, 0.2) is 0 Å². The number of nitrogens with one attached hydrogen (secondary N) is 2. The van der Waals surface area contributed by atoms with Crippen LogP contribution in [0.2, 0.25) is 0 Å². The van der Waals surface area contributed by atoms with Crippen molar-refractivity contribution in [3.63, 3.8) is 0 Å². The molecule has 1 heterocycles. The maximum Gasteiger partial charge on any atom is 0.311 e. The van der Waals surface area contributed by atoms with E-state index in [0.717, 1.165) is 13.1 Å². The molecular formula is C13H24N2O4. The van der Waals surface area contributed by atoms with Gasteiger partial charge in [-0.2, -0.15) is 0 Å². The first-order valence-corrected chi connectivity index (χ1v) is 6.72. The van der Waals surface area contributed by atoms with Crippen LogP contribution in [0.4, 0.5) is 0 Å². The molecule has 0 spiro atoms. The number of amides is 1. The molecule has 110 valence electrons. The standard InChI is InChI=1S/C13H24N2O4/c1-4-13(5-2,11(17)18)9-15-10(16)6-19-12(3)7-14-8-12/h14H,4-9H2,1-3H3,(H,15,16)(H,17,18). The van der Waals surface area contributed by atoms with Crippen molar-refractivity contribution in [3.8, 4) is 0 Å². The number of hydrogen-bond acceptors (Lipinski definition) is 4. The molecule has 0 aromatic carbocycles. The normalized spacial score (nSPS) is 17.6. The van der Waals surface area contributed by atoms with E-state index < -0.39 is 11.4 Å². The third-order valence-corrected chi connectivity index (χ3v) is 3.98. The second kappa shape index (κ2) is 6.34. The van der Waals surface area contributed by atoms with Gasteiger partial charge in [0, 0.05) is 19.6 Å². The quantitative estimate of drug-likeness (QED) is 0.594. The molecule has 19 heavy (non-hydrogen) atoms. The fourth-order valence-corrected chi connectivity index (χ4v) is 2.02. The molecule has 0 saturated carbocycles. The van der Waals surface area contributed by atoms with Crippen LogP contribution < -0.4 is 10.6 Å². The summed E-state index contributed by atoms with van der Waals surface area (Å²) < 4.78 is 5.50. The summed E-state index contributed by atoms with van der Waals surface area (Å²) in [7, 11) is 0. The molecule has 1 rings (SSSR count). The Morgan fingerprint density at radius 3 is 2.32 bits per heavy atom. The van der Waals surface area contributed by atoms with Crippen LogP contribution in [0.1, 0.15) is 33.6 Å². The van der Waals surface area contributed by atoms with Crippen molar-refractivity contribution >= 4 is 11.9 Å². The Balaban J connectivity index is 2.37. The first-order chi connectivity index (χ1) is 8.87. The summed E-state index contributed by atoms with van der Waals surface area (Å²) >= 11 is 0. The highest BCUT2D eigenvalue weighted by molar-refractivity contribution is 5.79. The first-order valence-electron chi connectivity index (χ1n) is 6.72. The smallest absolute Gasteiger partial charge is 0.311 e. The Morgan fingerprint density at radius 1 is 1.37 bits per heavy atom. The monoisotopic (exact) mass is 272 g/mol. The zero-order chi connectivity index (χ0) is 14.5. The Hall–Kier alpha value is -1.14. The number of ether oxygens (including phenoxy) is 1. The van der Waals surface area contributed by atoms with Gasteiger partial charge in [-0.25, -0.2) is 0 Å². The van der Waals surface area contributed by atoms with Gasteiger partial charge in [0.15, 0.2) is 0 Å². The van der Waals surface area contributed by atoms with E-state index in [0.29, 0.717) is 12.8 Å². The summed E-state index contributed by atoms with van der Waals surface area (Å²) in [5, 5.41) is 15.0. The number of aliphatic carboxylic acids is 1. The molecule has 0 unspecified atom stereocenters. The van der Waals surface area contributed by atoms with Gasteiger partial charge in [0.1, 0.15) is 6.61 Å². The highest BCUT2D eigenvalue weighted by atomic mass is 16.5. The van der Waals surface area contributed by atoms with E-state index in [4.69, 9.17) is 4.74 Å². The molecule has 0 aromatic heterocycles. The molecule has 0 radical (unpaired) electrons. The van der Waals surface area contributed by atoms with Crippen LogP contribution in [-0.4, -0.2) is 48.8 Å². The topological polar surface area (TPSA) is 87.7 Å².